The summed E-state index contributed by atoms with van der Waals surface area (Å²) in [4.78, 5) is 27.3. The molecule has 0 bridgehead atoms. The number of thiazole rings is 1. The predicted molar refractivity (Wildman–Crippen MR) is 70.3 cm³/mol. The van der Waals surface area contributed by atoms with Crippen LogP contribution in [0.3, 0.4) is 0 Å². The number of carbonyl (C=O) groups is 2. The lowest BCUT2D eigenvalue weighted by atomic mass is 9.76. The zero-order valence-electron chi connectivity index (χ0n) is 10.8. The van der Waals surface area contributed by atoms with E-state index in [1.807, 2.05) is 13.8 Å². The second kappa shape index (κ2) is 5.52. The minimum Gasteiger partial charge on any atom is -0.550 e. The molecule has 1 aliphatic carbocycles. The number of anilines is 1. The van der Waals surface area contributed by atoms with E-state index in [9.17, 15) is 14.7 Å². The maximum atomic E-state index is 12.2. The van der Waals surface area contributed by atoms with Crippen molar-refractivity contribution in [2.45, 2.75) is 26.7 Å². The number of carboxylic acids is 1. The predicted octanol–water partition coefficient (Wildman–Crippen LogP) is 1.19. The lowest BCUT2D eigenvalue weighted by Crippen LogP contribution is -2.42. The molecule has 2 atom stereocenters. The molecule has 5 nitrogen and oxygen atoms in total. The van der Waals surface area contributed by atoms with Crippen molar-refractivity contribution in [3.63, 3.8) is 0 Å². The zero-order chi connectivity index (χ0) is 14.0. The Morgan fingerprint density at radius 1 is 1.32 bits per heavy atom. The van der Waals surface area contributed by atoms with Gasteiger partial charge in [-0.3, -0.25) is 4.79 Å². The molecule has 1 amide bonds. The van der Waals surface area contributed by atoms with Gasteiger partial charge in [-0.05, 0) is 26.7 Å². The first-order chi connectivity index (χ1) is 8.99. The SMILES string of the molecule is CC1=C(C)C[C@@H](C(=O)Nc2nccs2)[C@@H](C(=O)[O-])C1. The number of amides is 1. The van der Waals surface area contributed by atoms with Crippen LogP contribution in [0.1, 0.15) is 26.7 Å². The number of carboxylic acid groups (broad SMARTS) is 1. The molecule has 0 aromatic carbocycles. The third kappa shape index (κ3) is 3.01. The van der Waals surface area contributed by atoms with E-state index in [2.05, 4.69) is 10.3 Å². The number of hydrogen-bond acceptors (Lipinski definition) is 5. The van der Waals surface area contributed by atoms with Gasteiger partial charge < -0.3 is 15.2 Å². The fourth-order valence-corrected chi connectivity index (χ4v) is 2.83. The van der Waals surface area contributed by atoms with Gasteiger partial charge in [0, 0.05) is 23.5 Å². The summed E-state index contributed by atoms with van der Waals surface area (Å²) >= 11 is 1.31. The van der Waals surface area contributed by atoms with Gasteiger partial charge >= 0.3 is 0 Å². The van der Waals surface area contributed by atoms with E-state index in [1.54, 1.807) is 11.6 Å². The van der Waals surface area contributed by atoms with Gasteiger partial charge in [0.05, 0.1) is 5.92 Å². The molecule has 0 unspecified atom stereocenters. The van der Waals surface area contributed by atoms with Gasteiger partial charge in [0.15, 0.2) is 5.13 Å². The molecular formula is C13H15N2O3S-. The molecule has 0 fully saturated rings. The van der Waals surface area contributed by atoms with Crippen LogP contribution in [-0.4, -0.2) is 16.9 Å². The summed E-state index contributed by atoms with van der Waals surface area (Å²) in [6, 6.07) is 0. The summed E-state index contributed by atoms with van der Waals surface area (Å²) < 4.78 is 0. The lowest BCUT2D eigenvalue weighted by Gasteiger charge is -2.32. The Labute approximate surface area is 115 Å². The molecule has 1 N–H and O–H groups in total. The van der Waals surface area contributed by atoms with E-state index >= 15 is 0 Å². The quantitative estimate of drug-likeness (QED) is 0.843. The summed E-state index contributed by atoms with van der Waals surface area (Å²) in [6.07, 6.45) is 2.43. The van der Waals surface area contributed by atoms with Crippen LogP contribution in [0.25, 0.3) is 0 Å². The number of carbonyl (C=O) groups excluding carboxylic acids is 2. The highest BCUT2D eigenvalue weighted by Gasteiger charge is 2.33. The van der Waals surface area contributed by atoms with E-state index in [0.717, 1.165) is 11.1 Å². The van der Waals surface area contributed by atoms with Crippen LogP contribution >= 0.6 is 11.3 Å². The van der Waals surface area contributed by atoms with Crippen LogP contribution < -0.4 is 10.4 Å². The average Bonchev–Trinajstić information content (AvgIpc) is 2.84. The standard InChI is InChI=1S/C13H16N2O3S/c1-7-5-9(10(12(17)18)6-8(7)2)11(16)15-13-14-3-4-19-13/h3-4,9-10H,5-6H2,1-2H3,(H,17,18)(H,14,15,16)/p-1/t9-,10+/m1/s1. The van der Waals surface area contributed by atoms with Crippen molar-refractivity contribution in [2.24, 2.45) is 11.8 Å². The monoisotopic (exact) mass is 279 g/mol. The number of rotatable bonds is 3. The molecule has 1 aromatic rings. The molecular weight excluding hydrogens is 264 g/mol. The largest absolute Gasteiger partial charge is 0.550 e. The van der Waals surface area contributed by atoms with Gasteiger partial charge in [-0.25, -0.2) is 4.98 Å². The fraction of sp³-hybridized carbons (Fsp3) is 0.462. The van der Waals surface area contributed by atoms with Gasteiger partial charge in [-0.1, -0.05) is 11.1 Å². The highest BCUT2D eigenvalue weighted by molar-refractivity contribution is 7.13. The number of allylic oxidation sites excluding steroid dienone is 2. The van der Waals surface area contributed by atoms with Crippen molar-refractivity contribution < 1.29 is 14.7 Å². The highest BCUT2D eigenvalue weighted by atomic mass is 32.1. The molecule has 1 heterocycles. The van der Waals surface area contributed by atoms with Crippen LogP contribution in [0.2, 0.25) is 0 Å². The van der Waals surface area contributed by atoms with Gasteiger partial charge in [0.1, 0.15) is 0 Å². The second-order valence-electron chi connectivity index (χ2n) is 4.83. The Kier molecular flexibility index (Phi) is 3.99. The summed E-state index contributed by atoms with van der Waals surface area (Å²) in [7, 11) is 0. The van der Waals surface area contributed by atoms with Gasteiger partial charge in [-0.2, -0.15) is 0 Å². The maximum absolute atomic E-state index is 12.2. The second-order valence-corrected chi connectivity index (χ2v) is 5.72. The Hall–Kier alpha value is -1.69. The zero-order valence-corrected chi connectivity index (χ0v) is 11.6. The summed E-state index contributed by atoms with van der Waals surface area (Å²) in [6.45, 7) is 3.84. The van der Waals surface area contributed by atoms with Crippen LogP contribution in [0.5, 0.6) is 0 Å². The van der Waals surface area contributed by atoms with Crippen molar-refractivity contribution in [1.29, 1.82) is 0 Å². The van der Waals surface area contributed by atoms with Crippen molar-refractivity contribution in [1.82, 2.24) is 4.98 Å². The number of aliphatic carboxylic acids is 1. The Balaban J connectivity index is 2.16. The first-order valence-corrected chi connectivity index (χ1v) is 6.93. The number of nitrogens with zero attached hydrogens (tertiary/aromatic N) is 1. The Morgan fingerprint density at radius 2 is 1.95 bits per heavy atom. The molecule has 1 aromatic heterocycles. The van der Waals surface area contributed by atoms with E-state index in [-0.39, 0.29) is 5.91 Å². The topological polar surface area (TPSA) is 82.1 Å². The first kappa shape index (κ1) is 13.7. The van der Waals surface area contributed by atoms with Crippen LogP contribution in [0, 0.1) is 11.8 Å². The molecule has 0 saturated heterocycles. The van der Waals surface area contributed by atoms with Crippen LogP contribution in [0.4, 0.5) is 5.13 Å². The molecule has 102 valence electrons. The highest BCUT2D eigenvalue weighted by Crippen LogP contribution is 2.34. The van der Waals surface area contributed by atoms with E-state index in [4.69, 9.17) is 0 Å². The van der Waals surface area contributed by atoms with E-state index in [1.165, 1.54) is 11.3 Å². The molecule has 2 rings (SSSR count). The molecule has 0 saturated carbocycles. The van der Waals surface area contributed by atoms with Crippen LogP contribution in [0.15, 0.2) is 22.7 Å². The molecule has 1 aliphatic rings. The van der Waals surface area contributed by atoms with Crippen molar-refractivity contribution in [3.05, 3.63) is 22.7 Å². The lowest BCUT2D eigenvalue weighted by molar-refractivity contribution is -0.313. The van der Waals surface area contributed by atoms with E-state index < -0.39 is 17.8 Å². The third-order valence-corrected chi connectivity index (χ3v) is 4.26. The van der Waals surface area contributed by atoms with Gasteiger partial charge in [0.25, 0.3) is 0 Å². The average molecular weight is 279 g/mol. The molecule has 0 radical (unpaired) electrons. The Bertz CT molecular complexity index is 522. The molecule has 0 aliphatic heterocycles. The van der Waals surface area contributed by atoms with E-state index in [0.29, 0.717) is 18.0 Å². The maximum Gasteiger partial charge on any atom is 0.230 e. The number of aromatic nitrogens is 1. The molecule has 0 spiro atoms. The third-order valence-electron chi connectivity index (χ3n) is 3.57. The first-order valence-electron chi connectivity index (χ1n) is 6.05. The molecule has 19 heavy (non-hydrogen) atoms. The Morgan fingerprint density at radius 3 is 2.47 bits per heavy atom. The number of nitrogens with one attached hydrogen (secondary N) is 1. The minimum atomic E-state index is -1.16. The normalized spacial score (nSPS) is 23.3. The minimum absolute atomic E-state index is 0.295. The van der Waals surface area contributed by atoms with Crippen LogP contribution in [-0.2, 0) is 9.59 Å². The fourth-order valence-electron chi connectivity index (χ4n) is 2.30. The van der Waals surface area contributed by atoms with Crippen molar-refractivity contribution >= 4 is 28.3 Å². The van der Waals surface area contributed by atoms with Crippen molar-refractivity contribution in [2.75, 3.05) is 5.32 Å². The van der Waals surface area contributed by atoms with Gasteiger partial charge in [-0.15, -0.1) is 11.3 Å². The van der Waals surface area contributed by atoms with Crippen molar-refractivity contribution in [3.8, 4) is 0 Å². The number of hydrogen-bond donors (Lipinski definition) is 1. The summed E-state index contributed by atoms with van der Waals surface area (Å²) in [5.41, 5.74) is 2.12. The summed E-state index contributed by atoms with van der Waals surface area (Å²) in [5, 5.41) is 16.1. The molecule has 6 heteroatoms. The smallest absolute Gasteiger partial charge is 0.230 e. The summed E-state index contributed by atoms with van der Waals surface area (Å²) in [5.74, 6) is -2.80. The van der Waals surface area contributed by atoms with Gasteiger partial charge in [0.2, 0.25) is 5.91 Å².